The van der Waals surface area contributed by atoms with Crippen LogP contribution in [0.1, 0.15) is 22.8 Å². The maximum atomic E-state index is 11.7. The van der Waals surface area contributed by atoms with Gasteiger partial charge in [-0.1, -0.05) is 29.3 Å². The van der Waals surface area contributed by atoms with Crippen LogP contribution in [-0.4, -0.2) is 30.8 Å². The van der Waals surface area contributed by atoms with Gasteiger partial charge in [-0.25, -0.2) is 4.79 Å². The van der Waals surface area contributed by atoms with Crippen LogP contribution in [0.5, 0.6) is 5.75 Å². The van der Waals surface area contributed by atoms with Gasteiger partial charge in [-0.2, -0.15) is 0 Å². The largest absolute Gasteiger partial charge is 0.491 e. The van der Waals surface area contributed by atoms with Crippen molar-refractivity contribution >= 4 is 40.6 Å². The van der Waals surface area contributed by atoms with Crippen molar-refractivity contribution in [3.8, 4) is 5.75 Å². The van der Waals surface area contributed by atoms with E-state index >= 15 is 0 Å². The molecule has 0 saturated carbocycles. The minimum absolute atomic E-state index is 0.0105. The van der Waals surface area contributed by atoms with Gasteiger partial charge in [-0.05, 0) is 56.4 Å². The van der Waals surface area contributed by atoms with E-state index in [9.17, 15) is 4.79 Å². The second-order valence-corrected chi connectivity index (χ2v) is 6.63. The maximum absolute atomic E-state index is 11.7. The Morgan fingerprint density at radius 3 is 2.58 bits per heavy atom. The van der Waals surface area contributed by atoms with Gasteiger partial charge < -0.3 is 20.1 Å². The van der Waals surface area contributed by atoms with E-state index < -0.39 is 5.97 Å². The van der Waals surface area contributed by atoms with Crippen molar-refractivity contribution in [3.05, 3.63) is 58.6 Å². The smallest absolute Gasteiger partial charge is 0.339 e. The van der Waals surface area contributed by atoms with Gasteiger partial charge in [0.2, 0.25) is 0 Å². The van der Waals surface area contributed by atoms with Crippen LogP contribution in [0.2, 0.25) is 5.02 Å². The van der Waals surface area contributed by atoms with Crippen LogP contribution < -0.4 is 15.4 Å². The molecule has 0 amide bonds. The third kappa shape index (κ3) is 5.89. The third-order valence-electron chi connectivity index (χ3n) is 3.53. The van der Waals surface area contributed by atoms with Crippen LogP contribution in [0, 0.1) is 6.92 Å². The van der Waals surface area contributed by atoms with Gasteiger partial charge >= 0.3 is 5.97 Å². The van der Waals surface area contributed by atoms with Gasteiger partial charge in [0.1, 0.15) is 12.4 Å². The minimum Gasteiger partial charge on any atom is -0.491 e. The Hall–Kier alpha value is -2.31. The molecule has 0 aliphatic rings. The molecule has 138 valence electrons. The van der Waals surface area contributed by atoms with E-state index in [0.717, 1.165) is 5.75 Å². The first kappa shape index (κ1) is 20.0. The number of methoxy groups -OCH3 is 1. The average molecular weight is 393 g/mol. The van der Waals surface area contributed by atoms with E-state index in [1.54, 1.807) is 18.2 Å². The lowest BCUT2D eigenvalue weighted by Gasteiger charge is -2.18. The molecule has 7 heteroatoms. The van der Waals surface area contributed by atoms with Crippen LogP contribution in [-0.2, 0) is 4.74 Å². The van der Waals surface area contributed by atoms with E-state index in [2.05, 4.69) is 10.6 Å². The molecule has 0 spiro atoms. The Balaban J connectivity index is 1.87. The standard InChI is InChI=1S/C19H21ClN2O3S/c1-12-4-7-15(8-5-12)25-11-13(2)21-19(26)22-14-6-9-17(20)16(10-14)18(23)24-3/h4-10,13H,11H2,1-3H3,(H2,21,22,26). The summed E-state index contributed by atoms with van der Waals surface area (Å²) in [5.74, 6) is 0.306. The molecule has 0 radical (unpaired) electrons. The monoisotopic (exact) mass is 392 g/mol. The van der Waals surface area contributed by atoms with E-state index in [-0.39, 0.29) is 11.6 Å². The molecule has 0 bridgehead atoms. The second kappa shape index (κ2) is 9.40. The van der Waals surface area contributed by atoms with Crippen molar-refractivity contribution in [1.29, 1.82) is 0 Å². The number of anilines is 1. The second-order valence-electron chi connectivity index (χ2n) is 5.81. The van der Waals surface area contributed by atoms with Gasteiger partial charge in [-0.15, -0.1) is 0 Å². The molecule has 0 fully saturated rings. The number of ether oxygens (including phenoxy) is 2. The predicted molar refractivity (Wildman–Crippen MR) is 108 cm³/mol. The van der Waals surface area contributed by atoms with Crippen LogP contribution in [0.15, 0.2) is 42.5 Å². The SMILES string of the molecule is COC(=O)c1cc(NC(=S)NC(C)COc2ccc(C)cc2)ccc1Cl. The summed E-state index contributed by atoms with van der Waals surface area (Å²) in [6, 6.07) is 12.8. The highest BCUT2D eigenvalue weighted by molar-refractivity contribution is 7.80. The number of carbonyl (C=O) groups is 1. The molecule has 2 aromatic carbocycles. The summed E-state index contributed by atoms with van der Waals surface area (Å²) < 4.78 is 10.4. The van der Waals surface area contributed by atoms with Gasteiger partial charge in [0.25, 0.3) is 0 Å². The zero-order valence-corrected chi connectivity index (χ0v) is 16.4. The van der Waals surface area contributed by atoms with E-state index in [1.807, 2.05) is 38.1 Å². The quantitative estimate of drug-likeness (QED) is 0.567. The number of thiocarbonyl (C=S) groups is 1. The summed E-state index contributed by atoms with van der Waals surface area (Å²) in [5.41, 5.74) is 2.10. The van der Waals surface area contributed by atoms with Crippen molar-refractivity contribution in [2.24, 2.45) is 0 Å². The lowest BCUT2D eigenvalue weighted by atomic mass is 10.2. The molecule has 2 rings (SSSR count). The zero-order chi connectivity index (χ0) is 19.1. The maximum Gasteiger partial charge on any atom is 0.339 e. The number of nitrogens with one attached hydrogen (secondary N) is 2. The summed E-state index contributed by atoms with van der Waals surface area (Å²) in [6.07, 6.45) is 0. The molecule has 1 atom stereocenters. The van der Waals surface area contributed by atoms with Crippen molar-refractivity contribution < 1.29 is 14.3 Å². The Morgan fingerprint density at radius 1 is 1.23 bits per heavy atom. The zero-order valence-electron chi connectivity index (χ0n) is 14.8. The number of halogens is 1. The molecule has 1 unspecified atom stereocenters. The molecule has 26 heavy (non-hydrogen) atoms. The van der Waals surface area contributed by atoms with Gasteiger partial charge in [0, 0.05) is 5.69 Å². The number of hydrogen-bond acceptors (Lipinski definition) is 4. The van der Waals surface area contributed by atoms with E-state index in [0.29, 0.717) is 22.4 Å². The highest BCUT2D eigenvalue weighted by Crippen LogP contribution is 2.21. The Labute approximate surface area is 163 Å². The van der Waals surface area contributed by atoms with Gasteiger partial charge in [0.05, 0.1) is 23.7 Å². The molecule has 0 aromatic heterocycles. The number of benzene rings is 2. The third-order valence-corrected chi connectivity index (χ3v) is 4.08. The van der Waals surface area contributed by atoms with Crippen molar-refractivity contribution in [1.82, 2.24) is 5.32 Å². The number of carbonyl (C=O) groups excluding carboxylic acids is 1. The average Bonchev–Trinajstić information content (AvgIpc) is 2.62. The molecule has 0 heterocycles. The summed E-state index contributed by atoms with van der Waals surface area (Å²) in [4.78, 5) is 11.7. The lowest BCUT2D eigenvalue weighted by molar-refractivity contribution is 0.0601. The van der Waals surface area contributed by atoms with E-state index in [4.69, 9.17) is 33.3 Å². The molecular weight excluding hydrogens is 372 g/mol. The number of rotatable bonds is 6. The fourth-order valence-corrected chi connectivity index (χ4v) is 2.67. The van der Waals surface area contributed by atoms with Crippen LogP contribution in [0.25, 0.3) is 0 Å². The Morgan fingerprint density at radius 2 is 1.92 bits per heavy atom. The fraction of sp³-hybridized carbons (Fsp3) is 0.263. The predicted octanol–water partition coefficient (Wildman–Crippen LogP) is 4.19. The van der Waals surface area contributed by atoms with Crippen molar-refractivity contribution in [2.45, 2.75) is 19.9 Å². The Kier molecular flexibility index (Phi) is 7.24. The first-order valence-corrected chi connectivity index (χ1v) is 8.82. The van der Waals surface area contributed by atoms with Crippen molar-refractivity contribution in [3.63, 3.8) is 0 Å². The van der Waals surface area contributed by atoms with Crippen LogP contribution in [0.4, 0.5) is 5.69 Å². The molecule has 2 N–H and O–H groups in total. The minimum atomic E-state index is -0.502. The van der Waals surface area contributed by atoms with E-state index in [1.165, 1.54) is 12.7 Å². The molecule has 2 aromatic rings. The van der Waals surface area contributed by atoms with Crippen LogP contribution in [0.3, 0.4) is 0 Å². The summed E-state index contributed by atoms with van der Waals surface area (Å²) in [7, 11) is 1.31. The van der Waals surface area contributed by atoms with Crippen LogP contribution >= 0.6 is 23.8 Å². The van der Waals surface area contributed by atoms with Gasteiger partial charge in [0.15, 0.2) is 5.11 Å². The normalized spacial score (nSPS) is 11.4. The summed E-state index contributed by atoms with van der Waals surface area (Å²) >= 11 is 11.3. The van der Waals surface area contributed by atoms with Gasteiger partial charge in [-0.3, -0.25) is 0 Å². The molecular formula is C19H21ClN2O3S. The molecule has 5 nitrogen and oxygen atoms in total. The first-order chi connectivity index (χ1) is 12.4. The number of esters is 1. The molecule has 0 aliphatic carbocycles. The highest BCUT2D eigenvalue weighted by Gasteiger charge is 2.12. The molecule has 0 aliphatic heterocycles. The summed E-state index contributed by atoms with van der Waals surface area (Å²) in [5, 5.41) is 6.90. The molecule has 0 saturated heterocycles. The lowest BCUT2D eigenvalue weighted by Crippen LogP contribution is -2.39. The topological polar surface area (TPSA) is 59.6 Å². The number of aryl methyl sites for hydroxylation is 1. The first-order valence-electron chi connectivity index (χ1n) is 8.04. The highest BCUT2D eigenvalue weighted by atomic mass is 35.5. The fourth-order valence-electron chi connectivity index (χ4n) is 2.16. The summed E-state index contributed by atoms with van der Waals surface area (Å²) in [6.45, 7) is 4.45. The Bertz CT molecular complexity index is 781. The number of hydrogen-bond donors (Lipinski definition) is 2. The van der Waals surface area contributed by atoms with Crippen molar-refractivity contribution in [2.75, 3.05) is 19.0 Å².